The second-order valence-electron chi connectivity index (χ2n) is 9.36. The van der Waals surface area contributed by atoms with E-state index in [1.165, 1.54) is 0 Å². The molecule has 200 valence electrons. The number of imidazole rings is 1. The molecule has 0 saturated heterocycles. The Hall–Kier alpha value is -5.70. The van der Waals surface area contributed by atoms with Crippen LogP contribution >= 0.6 is 0 Å². The van der Waals surface area contributed by atoms with E-state index in [1.54, 1.807) is 37.4 Å². The maximum Gasteiger partial charge on any atom is 0.248 e. The van der Waals surface area contributed by atoms with Crippen LogP contribution in [0.5, 0.6) is 5.75 Å². The smallest absolute Gasteiger partial charge is 0.248 e. The van der Waals surface area contributed by atoms with Crippen LogP contribution in [-0.2, 0) is 13.2 Å². The van der Waals surface area contributed by atoms with Crippen molar-refractivity contribution in [3.63, 3.8) is 0 Å². The molecule has 1 amide bonds. The van der Waals surface area contributed by atoms with Crippen molar-refractivity contribution >= 4 is 11.6 Å². The lowest BCUT2D eigenvalue weighted by Gasteiger charge is -2.15. The molecule has 0 spiro atoms. The molecule has 0 aliphatic heterocycles. The number of nitriles is 1. The molecule has 5 aromatic rings. The van der Waals surface area contributed by atoms with Gasteiger partial charge in [0.15, 0.2) is 5.69 Å². The van der Waals surface area contributed by atoms with Crippen LogP contribution < -0.4 is 10.5 Å². The number of primary amides is 1. The van der Waals surface area contributed by atoms with E-state index < -0.39 is 5.91 Å². The first-order chi connectivity index (χ1) is 19.9. The van der Waals surface area contributed by atoms with Gasteiger partial charge in [0, 0.05) is 34.4 Å². The van der Waals surface area contributed by atoms with Gasteiger partial charge in [0.25, 0.3) is 0 Å². The van der Waals surface area contributed by atoms with Gasteiger partial charge in [-0.2, -0.15) is 5.26 Å². The largest absolute Gasteiger partial charge is 0.497 e. The fourth-order valence-corrected chi connectivity index (χ4v) is 4.66. The van der Waals surface area contributed by atoms with Crippen molar-refractivity contribution in [2.75, 3.05) is 7.11 Å². The Kier molecular flexibility index (Phi) is 7.60. The summed E-state index contributed by atoms with van der Waals surface area (Å²) in [6.45, 7) is 7.87. The molecule has 5 rings (SSSR count). The lowest BCUT2D eigenvalue weighted by molar-refractivity contribution is 0.1000. The lowest BCUT2D eigenvalue weighted by Crippen LogP contribution is -2.11. The fraction of sp³-hybridized carbons (Fsp3) is 0.0909. The van der Waals surface area contributed by atoms with E-state index in [0.717, 1.165) is 27.9 Å². The predicted molar refractivity (Wildman–Crippen MR) is 156 cm³/mol. The maximum atomic E-state index is 11.7. The minimum absolute atomic E-state index is 0.0764. The number of nitrogens with zero attached hydrogens (tertiary/aromatic N) is 4. The molecule has 0 aliphatic rings. The van der Waals surface area contributed by atoms with E-state index in [2.05, 4.69) is 10.9 Å². The predicted octanol–water partition coefficient (Wildman–Crippen LogP) is 5.95. The summed E-state index contributed by atoms with van der Waals surface area (Å²) in [6, 6.07) is 29.4. The monoisotopic (exact) mass is 539 g/mol. The van der Waals surface area contributed by atoms with Crippen LogP contribution in [0.25, 0.3) is 38.7 Å². The Bertz CT molecular complexity index is 1780. The molecule has 8 nitrogen and oxygen atoms in total. The summed E-state index contributed by atoms with van der Waals surface area (Å²) in [4.78, 5) is 20.3. The van der Waals surface area contributed by atoms with Gasteiger partial charge in [-0.3, -0.25) is 4.79 Å². The van der Waals surface area contributed by atoms with Gasteiger partial charge in [-0.05, 0) is 65.7 Å². The molecule has 0 radical (unpaired) electrons. The van der Waals surface area contributed by atoms with Crippen LogP contribution in [0.2, 0.25) is 0 Å². The summed E-state index contributed by atoms with van der Waals surface area (Å²) in [5.74, 6) is 0.768. The highest BCUT2D eigenvalue weighted by atomic mass is 16.5. The average Bonchev–Trinajstić information content (AvgIpc) is 3.39. The van der Waals surface area contributed by atoms with Gasteiger partial charge in [-0.1, -0.05) is 36.4 Å². The molecule has 41 heavy (non-hydrogen) atoms. The van der Waals surface area contributed by atoms with Crippen LogP contribution in [0.4, 0.5) is 5.69 Å². The number of aliphatic hydroxyl groups excluding tert-OH is 1. The molecule has 0 unspecified atom stereocenters. The summed E-state index contributed by atoms with van der Waals surface area (Å²) >= 11 is 0. The number of ether oxygens (including phenoxy) is 1. The Balaban J connectivity index is 1.80. The van der Waals surface area contributed by atoms with Crippen LogP contribution in [0.15, 0.2) is 91.0 Å². The van der Waals surface area contributed by atoms with Crippen molar-refractivity contribution in [2.45, 2.75) is 13.2 Å². The van der Waals surface area contributed by atoms with Gasteiger partial charge < -0.3 is 20.1 Å². The second kappa shape index (κ2) is 11.6. The van der Waals surface area contributed by atoms with Crippen LogP contribution in [-0.4, -0.2) is 27.7 Å². The Morgan fingerprint density at radius 2 is 1.63 bits per heavy atom. The number of benzene rings is 4. The van der Waals surface area contributed by atoms with Gasteiger partial charge in [-0.25, -0.2) is 9.83 Å². The molecular weight excluding hydrogens is 514 g/mol. The van der Waals surface area contributed by atoms with E-state index >= 15 is 0 Å². The molecular formula is C33H25N5O3. The number of carbonyl (C=O) groups excluding carboxylic acids is 1. The van der Waals surface area contributed by atoms with Gasteiger partial charge in [0.2, 0.25) is 5.91 Å². The van der Waals surface area contributed by atoms with Gasteiger partial charge in [0.05, 0.1) is 37.7 Å². The molecule has 3 N–H and O–H groups in total. The molecule has 0 bridgehead atoms. The third-order valence-corrected chi connectivity index (χ3v) is 6.75. The number of hydrogen-bond donors (Lipinski definition) is 2. The van der Waals surface area contributed by atoms with Crippen LogP contribution in [0.3, 0.4) is 0 Å². The Morgan fingerprint density at radius 3 is 2.22 bits per heavy atom. The second-order valence-corrected chi connectivity index (χ2v) is 9.36. The molecule has 0 atom stereocenters. The first-order valence-corrected chi connectivity index (χ1v) is 12.7. The van der Waals surface area contributed by atoms with E-state index in [-0.39, 0.29) is 6.61 Å². The number of hydrogen-bond acceptors (Lipinski definition) is 5. The van der Waals surface area contributed by atoms with Gasteiger partial charge in [0.1, 0.15) is 11.6 Å². The van der Waals surface area contributed by atoms with E-state index in [0.29, 0.717) is 46.2 Å². The maximum absolute atomic E-state index is 11.7. The number of aliphatic hydroxyl groups is 1. The molecule has 0 aliphatic carbocycles. The summed E-state index contributed by atoms with van der Waals surface area (Å²) in [5.41, 5.74) is 12.0. The summed E-state index contributed by atoms with van der Waals surface area (Å²) < 4.78 is 7.43. The standard InChI is InChI=1S/C33H25N5O3/c1-36-28-16-23(18-34)15-27(17-28)33-37-30(24-7-5-22(20-39)6-8-24)31(25-11-13-29(41-2)14-12-25)38(33)19-21-3-9-26(10-4-21)32(35)40/h3-17,39H,19-20H2,2H3,(H2,35,40). The van der Waals surface area contributed by atoms with Crippen molar-refractivity contribution in [2.24, 2.45) is 5.73 Å². The zero-order valence-electron chi connectivity index (χ0n) is 22.2. The third kappa shape index (κ3) is 5.55. The summed E-state index contributed by atoms with van der Waals surface area (Å²) in [6.07, 6.45) is 0. The first kappa shape index (κ1) is 26.9. The van der Waals surface area contributed by atoms with Crippen LogP contribution in [0.1, 0.15) is 27.0 Å². The highest BCUT2D eigenvalue weighted by Crippen LogP contribution is 2.38. The summed E-state index contributed by atoms with van der Waals surface area (Å²) in [7, 11) is 1.61. The minimum Gasteiger partial charge on any atom is -0.497 e. The third-order valence-electron chi connectivity index (χ3n) is 6.75. The average molecular weight is 540 g/mol. The Morgan fingerprint density at radius 1 is 0.976 bits per heavy atom. The highest BCUT2D eigenvalue weighted by Gasteiger charge is 2.22. The van der Waals surface area contributed by atoms with Crippen molar-refractivity contribution < 1.29 is 14.6 Å². The topological polar surface area (TPSA) is 119 Å². The number of methoxy groups -OCH3 is 1. The lowest BCUT2D eigenvalue weighted by atomic mass is 10.0. The molecule has 1 aromatic heterocycles. The molecule has 1 heterocycles. The van der Waals surface area contributed by atoms with E-state index in [9.17, 15) is 15.2 Å². The summed E-state index contributed by atoms with van der Waals surface area (Å²) in [5, 5.41) is 19.3. The van der Waals surface area contributed by atoms with Crippen molar-refractivity contribution in [1.29, 1.82) is 5.26 Å². The number of amides is 1. The minimum atomic E-state index is -0.507. The number of aromatic nitrogens is 2. The number of carbonyl (C=O) groups is 1. The molecule has 0 fully saturated rings. The highest BCUT2D eigenvalue weighted by molar-refractivity contribution is 5.92. The quantitative estimate of drug-likeness (QED) is 0.236. The van der Waals surface area contributed by atoms with Gasteiger partial charge >= 0.3 is 0 Å². The zero-order chi connectivity index (χ0) is 28.9. The normalized spacial score (nSPS) is 10.5. The SMILES string of the molecule is [C-]#[N+]c1cc(C#N)cc(-c2nc(-c3ccc(CO)cc3)c(-c3ccc(OC)cc3)n2Cc2ccc(C(N)=O)cc2)c1. The van der Waals surface area contributed by atoms with Crippen molar-refractivity contribution in [1.82, 2.24) is 9.55 Å². The zero-order valence-corrected chi connectivity index (χ0v) is 22.2. The first-order valence-electron chi connectivity index (χ1n) is 12.7. The molecule has 0 saturated carbocycles. The van der Waals surface area contributed by atoms with Crippen molar-refractivity contribution in [3.05, 3.63) is 125 Å². The number of nitrogens with two attached hydrogens (primary N) is 1. The van der Waals surface area contributed by atoms with Crippen LogP contribution in [0, 0.1) is 17.9 Å². The van der Waals surface area contributed by atoms with E-state index in [1.807, 2.05) is 65.2 Å². The Labute approximate surface area is 237 Å². The molecule has 4 aromatic carbocycles. The van der Waals surface area contributed by atoms with E-state index in [4.69, 9.17) is 22.0 Å². The molecule has 8 heteroatoms. The number of rotatable bonds is 8. The van der Waals surface area contributed by atoms with Crippen molar-refractivity contribution in [3.8, 4) is 45.7 Å². The fourth-order valence-electron chi connectivity index (χ4n) is 4.66. The van der Waals surface area contributed by atoms with Gasteiger partial charge in [-0.15, -0.1) is 0 Å².